The average Bonchev–Trinajstić information content (AvgIpc) is 3.02. The van der Waals surface area contributed by atoms with Crippen LogP contribution in [0.1, 0.15) is 42.8 Å². The molecular formula is C17H22N4O. The van der Waals surface area contributed by atoms with Crippen molar-refractivity contribution in [3.63, 3.8) is 0 Å². The topological polar surface area (TPSA) is 70.7 Å². The van der Waals surface area contributed by atoms with Crippen molar-refractivity contribution in [3.05, 3.63) is 40.7 Å². The van der Waals surface area contributed by atoms with Gasteiger partial charge in [-0.05, 0) is 36.8 Å². The maximum atomic E-state index is 12.7. The third-order valence-corrected chi connectivity index (χ3v) is 4.49. The number of carbonyl (C=O) groups excluding carboxylic acids is 1. The van der Waals surface area contributed by atoms with E-state index < -0.39 is 0 Å². The Morgan fingerprint density at radius 1 is 1.23 bits per heavy atom. The van der Waals surface area contributed by atoms with E-state index in [1.54, 1.807) is 0 Å². The van der Waals surface area contributed by atoms with Crippen molar-refractivity contribution < 1.29 is 4.79 Å². The molecule has 0 radical (unpaired) electrons. The lowest BCUT2D eigenvalue weighted by molar-refractivity contribution is -0.120. The number of hydrogen-bond donors (Lipinski definition) is 2. The summed E-state index contributed by atoms with van der Waals surface area (Å²) in [6.07, 6.45) is 4.16. The van der Waals surface area contributed by atoms with Gasteiger partial charge in [0.25, 0.3) is 0 Å². The molecular weight excluding hydrogens is 276 g/mol. The van der Waals surface area contributed by atoms with Crippen molar-refractivity contribution in [2.75, 3.05) is 5.32 Å². The van der Waals surface area contributed by atoms with Crippen LogP contribution in [0.15, 0.2) is 18.2 Å². The van der Waals surface area contributed by atoms with Gasteiger partial charge in [-0.1, -0.05) is 32.0 Å². The zero-order valence-corrected chi connectivity index (χ0v) is 13.1. The predicted octanol–water partition coefficient (Wildman–Crippen LogP) is 2.67. The second-order valence-electron chi connectivity index (χ2n) is 5.80. The van der Waals surface area contributed by atoms with Crippen LogP contribution in [0.3, 0.4) is 0 Å². The van der Waals surface area contributed by atoms with Gasteiger partial charge in [-0.3, -0.25) is 4.79 Å². The number of H-pyrrole nitrogens is 1. The fraction of sp³-hybridized carbons (Fsp3) is 0.471. The highest BCUT2D eigenvalue weighted by Crippen LogP contribution is 2.27. The summed E-state index contributed by atoms with van der Waals surface area (Å²) in [6.45, 7) is 4.24. The Morgan fingerprint density at radius 2 is 1.91 bits per heavy atom. The Kier molecular flexibility index (Phi) is 4.22. The van der Waals surface area contributed by atoms with Crippen LogP contribution in [0.25, 0.3) is 0 Å². The molecule has 0 bridgehead atoms. The number of benzene rings is 1. The summed E-state index contributed by atoms with van der Waals surface area (Å²) in [5.74, 6) is 0.0801. The van der Waals surface area contributed by atoms with Crippen LogP contribution in [0.4, 0.5) is 5.69 Å². The van der Waals surface area contributed by atoms with Crippen molar-refractivity contribution in [1.82, 2.24) is 15.4 Å². The highest BCUT2D eigenvalue weighted by molar-refractivity contribution is 5.94. The molecule has 5 nitrogen and oxygen atoms in total. The largest absolute Gasteiger partial charge is 0.325 e. The Hall–Kier alpha value is -2.17. The first-order valence-corrected chi connectivity index (χ1v) is 8.03. The zero-order chi connectivity index (χ0) is 15.5. The number of aromatic amines is 1. The van der Waals surface area contributed by atoms with Gasteiger partial charge in [0, 0.05) is 18.0 Å². The quantitative estimate of drug-likeness (QED) is 0.911. The molecule has 0 fully saturated rings. The Morgan fingerprint density at radius 3 is 2.59 bits per heavy atom. The molecule has 1 aliphatic carbocycles. The van der Waals surface area contributed by atoms with Crippen LogP contribution in [0.2, 0.25) is 0 Å². The number of hydrogen-bond acceptors (Lipinski definition) is 3. The number of amides is 1. The summed E-state index contributed by atoms with van der Waals surface area (Å²) in [4.78, 5) is 12.7. The maximum Gasteiger partial charge on any atom is 0.227 e. The summed E-state index contributed by atoms with van der Waals surface area (Å²) >= 11 is 0. The van der Waals surface area contributed by atoms with Crippen LogP contribution in [-0.4, -0.2) is 21.3 Å². The fourth-order valence-corrected chi connectivity index (χ4v) is 3.14. The first-order chi connectivity index (χ1) is 10.7. The Balaban J connectivity index is 1.78. The zero-order valence-electron chi connectivity index (χ0n) is 13.1. The van der Waals surface area contributed by atoms with Crippen molar-refractivity contribution in [2.24, 2.45) is 5.92 Å². The summed E-state index contributed by atoms with van der Waals surface area (Å²) < 4.78 is 0. The Labute approximate surface area is 130 Å². The second-order valence-corrected chi connectivity index (χ2v) is 5.80. The van der Waals surface area contributed by atoms with Gasteiger partial charge in [0.1, 0.15) is 0 Å². The molecule has 0 spiro atoms. The van der Waals surface area contributed by atoms with Crippen molar-refractivity contribution in [2.45, 2.75) is 46.0 Å². The molecule has 1 heterocycles. The van der Waals surface area contributed by atoms with Gasteiger partial charge in [-0.2, -0.15) is 15.4 Å². The monoisotopic (exact) mass is 298 g/mol. The molecule has 3 rings (SSSR count). The van der Waals surface area contributed by atoms with Crippen LogP contribution in [0.5, 0.6) is 0 Å². The normalized spacial score (nSPS) is 17.1. The molecule has 1 aliphatic rings. The first kappa shape index (κ1) is 14.8. The molecule has 0 saturated heterocycles. The van der Waals surface area contributed by atoms with Crippen molar-refractivity contribution in [1.29, 1.82) is 0 Å². The summed E-state index contributed by atoms with van der Waals surface area (Å²) in [7, 11) is 0. The van der Waals surface area contributed by atoms with Crippen molar-refractivity contribution in [3.8, 4) is 0 Å². The highest BCUT2D eigenvalue weighted by atomic mass is 16.1. The number of fused-ring (bicyclic) bond motifs is 1. The van der Waals surface area contributed by atoms with E-state index >= 15 is 0 Å². The first-order valence-electron chi connectivity index (χ1n) is 8.03. The van der Waals surface area contributed by atoms with E-state index in [0.717, 1.165) is 42.8 Å². The number of rotatable bonds is 4. The van der Waals surface area contributed by atoms with Gasteiger partial charge >= 0.3 is 0 Å². The van der Waals surface area contributed by atoms with Crippen LogP contribution in [0, 0.1) is 5.92 Å². The lowest BCUT2D eigenvalue weighted by Crippen LogP contribution is -2.29. The number of nitrogens with one attached hydrogen (secondary N) is 2. The average molecular weight is 298 g/mol. The number of nitrogens with zero attached hydrogens (tertiary/aromatic N) is 2. The van der Waals surface area contributed by atoms with Gasteiger partial charge < -0.3 is 5.32 Å². The molecule has 0 saturated carbocycles. The molecule has 5 heteroatoms. The van der Waals surface area contributed by atoms with E-state index in [-0.39, 0.29) is 11.8 Å². The van der Waals surface area contributed by atoms with Crippen LogP contribution >= 0.6 is 0 Å². The molecule has 0 aliphatic heterocycles. The van der Waals surface area contributed by atoms with E-state index in [1.807, 2.05) is 0 Å². The lowest BCUT2D eigenvalue weighted by Gasteiger charge is -2.21. The second kappa shape index (κ2) is 6.30. The number of carbonyl (C=O) groups is 1. The standard InChI is InChI=1S/C17H22N4O/c1-3-11-6-5-7-12(4-2)16(11)18-17(22)13-8-9-14-15(10-13)20-21-19-14/h5-7,13H,3-4,8-10H2,1-2H3,(H,18,22)(H,19,20,21). The van der Waals surface area contributed by atoms with Crippen LogP contribution < -0.4 is 5.32 Å². The molecule has 22 heavy (non-hydrogen) atoms. The van der Waals surface area contributed by atoms with E-state index in [0.29, 0.717) is 6.42 Å². The number of para-hydroxylation sites is 1. The predicted molar refractivity (Wildman–Crippen MR) is 85.7 cm³/mol. The molecule has 116 valence electrons. The van der Waals surface area contributed by atoms with Gasteiger partial charge in [-0.25, -0.2) is 0 Å². The molecule has 2 aromatic rings. The minimum absolute atomic E-state index is 0.0211. The molecule has 1 amide bonds. The minimum atomic E-state index is -0.0211. The number of aryl methyl sites for hydroxylation is 3. The molecule has 1 aromatic heterocycles. The van der Waals surface area contributed by atoms with E-state index in [9.17, 15) is 4.79 Å². The van der Waals surface area contributed by atoms with E-state index in [1.165, 1.54) is 11.1 Å². The van der Waals surface area contributed by atoms with E-state index in [4.69, 9.17) is 0 Å². The molecule has 1 unspecified atom stereocenters. The highest BCUT2D eigenvalue weighted by Gasteiger charge is 2.27. The lowest BCUT2D eigenvalue weighted by atomic mass is 9.89. The number of anilines is 1. The summed E-state index contributed by atoms with van der Waals surface area (Å²) in [5.41, 5.74) is 5.35. The SMILES string of the molecule is CCc1cccc(CC)c1NC(=O)C1CCc2n[nH]nc2C1. The smallest absolute Gasteiger partial charge is 0.227 e. The third-order valence-electron chi connectivity index (χ3n) is 4.49. The summed E-state index contributed by atoms with van der Waals surface area (Å²) in [5, 5.41) is 14.1. The van der Waals surface area contributed by atoms with E-state index in [2.05, 4.69) is 52.8 Å². The summed E-state index contributed by atoms with van der Waals surface area (Å²) in [6, 6.07) is 6.24. The van der Waals surface area contributed by atoms with Crippen LogP contribution in [-0.2, 0) is 30.5 Å². The van der Waals surface area contributed by atoms with Gasteiger partial charge in [0.2, 0.25) is 5.91 Å². The van der Waals surface area contributed by atoms with Gasteiger partial charge in [-0.15, -0.1) is 0 Å². The van der Waals surface area contributed by atoms with Gasteiger partial charge in [0.15, 0.2) is 0 Å². The van der Waals surface area contributed by atoms with Crippen molar-refractivity contribution >= 4 is 11.6 Å². The maximum absolute atomic E-state index is 12.7. The molecule has 1 atom stereocenters. The molecule has 1 aromatic carbocycles. The fourth-order valence-electron chi connectivity index (χ4n) is 3.14. The third kappa shape index (κ3) is 2.75. The molecule has 2 N–H and O–H groups in total. The number of aromatic nitrogens is 3. The Bertz CT molecular complexity index is 655. The van der Waals surface area contributed by atoms with Gasteiger partial charge in [0.05, 0.1) is 11.4 Å². The minimum Gasteiger partial charge on any atom is -0.325 e.